The summed E-state index contributed by atoms with van der Waals surface area (Å²) in [7, 11) is 0. The van der Waals surface area contributed by atoms with Gasteiger partial charge in [0.25, 0.3) is 0 Å². The molecule has 0 radical (unpaired) electrons. The molecule has 104 valence electrons. The summed E-state index contributed by atoms with van der Waals surface area (Å²) in [6, 6.07) is 0. The minimum Gasteiger partial charge on any atom is -0.381 e. The van der Waals surface area contributed by atoms with Crippen LogP contribution in [0.25, 0.3) is 0 Å². The lowest BCUT2D eigenvalue weighted by Gasteiger charge is -2.41. The van der Waals surface area contributed by atoms with Gasteiger partial charge in [-0.1, -0.05) is 19.8 Å². The molecule has 2 rings (SSSR count). The molecule has 1 aliphatic heterocycles. The van der Waals surface area contributed by atoms with E-state index in [0.717, 1.165) is 25.7 Å². The van der Waals surface area contributed by atoms with Crippen LogP contribution in [0.5, 0.6) is 0 Å². The fraction of sp³-hybridized carbons (Fsp3) is 0.929. The van der Waals surface area contributed by atoms with E-state index in [1.54, 1.807) is 0 Å². The van der Waals surface area contributed by atoms with Gasteiger partial charge in [0.1, 0.15) is 0 Å². The molecule has 2 aliphatic rings. The fourth-order valence-electron chi connectivity index (χ4n) is 3.33. The summed E-state index contributed by atoms with van der Waals surface area (Å²) >= 11 is 0. The maximum absolute atomic E-state index is 12.3. The summed E-state index contributed by atoms with van der Waals surface area (Å²) < 4.78 is 5.30. The molecule has 1 amide bonds. The van der Waals surface area contributed by atoms with Crippen LogP contribution < -0.4 is 11.1 Å². The number of carbonyl (C=O) groups is 1. The zero-order chi connectivity index (χ0) is 13.0. The molecule has 1 heterocycles. The van der Waals surface area contributed by atoms with Crippen LogP contribution in [0.1, 0.15) is 45.4 Å². The Morgan fingerprint density at radius 3 is 2.72 bits per heavy atom. The molecule has 1 saturated heterocycles. The SMILES string of the molecule is CC1CCCC(CN)(NC(=O)C2CCOCC2)C1. The highest BCUT2D eigenvalue weighted by molar-refractivity contribution is 5.79. The Morgan fingerprint density at radius 1 is 1.39 bits per heavy atom. The molecule has 2 fully saturated rings. The van der Waals surface area contributed by atoms with E-state index in [9.17, 15) is 4.79 Å². The van der Waals surface area contributed by atoms with Crippen molar-refractivity contribution in [3.05, 3.63) is 0 Å². The quantitative estimate of drug-likeness (QED) is 0.801. The van der Waals surface area contributed by atoms with Gasteiger partial charge in [-0.15, -0.1) is 0 Å². The van der Waals surface area contributed by atoms with Crippen LogP contribution >= 0.6 is 0 Å². The molecular formula is C14H26N2O2. The molecule has 18 heavy (non-hydrogen) atoms. The summed E-state index contributed by atoms with van der Waals surface area (Å²) in [6.45, 7) is 4.24. The van der Waals surface area contributed by atoms with Gasteiger partial charge < -0.3 is 15.8 Å². The second-order valence-corrected chi connectivity index (χ2v) is 6.06. The van der Waals surface area contributed by atoms with E-state index in [2.05, 4.69) is 12.2 Å². The van der Waals surface area contributed by atoms with E-state index in [0.29, 0.717) is 25.7 Å². The van der Waals surface area contributed by atoms with Crippen molar-refractivity contribution in [2.75, 3.05) is 19.8 Å². The summed E-state index contributed by atoms with van der Waals surface area (Å²) in [5, 5.41) is 3.26. The first-order valence-corrected chi connectivity index (χ1v) is 7.25. The molecule has 0 aromatic carbocycles. The molecule has 1 aliphatic carbocycles. The number of nitrogens with two attached hydrogens (primary N) is 1. The molecule has 4 heteroatoms. The van der Waals surface area contributed by atoms with Gasteiger partial charge in [0, 0.05) is 25.7 Å². The smallest absolute Gasteiger partial charge is 0.223 e. The molecule has 4 nitrogen and oxygen atoms in total. The van der Waals surface area contributed by atoms with Crippen LogP contribution in [-0.2, 0) is 9.53 Å². The van der Waals surface area contributed by atoms with Gasteiger partial charge in [0.2, 0.25) is 5.91 Å². The molecule has 0 aromatic heterocycles. The minimum atomic E-state index is -0.146. The predicted molar refractivity (Wildman–Crippen MR) is 71.1 cm³/mol. The summed E-state index contributed by atoms with van der Waals surface area (Å²) in [5.41, 5.74) is 5.79. The lowest BCUT2D eigenvalue weighted by molar-refractivity contribution is -0.130. The number of hydrogen-bond acceptors (Lipinski definition) is 3. The molecule has 0 spiro atoms. The van der Waals surface area contributed by atoms with Crippen LogP contribution in [0.4, 0.5) is 0 Å². The van der Waals surface area contributed by atoms with E-state index >= 15 is 0 Å². The van der Waals surface area contributed by atoms with Crippen molar-refractivity contribution in [2.24, 2.45) is 17.6 Å². The summed E-state index contributed by atoms with van der Waals surface area (Å²) in [6.07, 6.45) is 6.19. The Morgan fingerprint density at radius 2 is 2.11 bits per heavy atom. The lowest BCUT2D eigenvalue weighted by atomic mass is 9.76. The number of hydrogen-bond donors (Lipinski definition) is 2. The fourth-order valence-corrected chi connectivity index (χ4v) is 3.33. The lowest BCUT2D eigenvalue weighted by Crippen LogP contribution is -2.57. The summed E-state index contributed by atoms with van der Waals surface area (Å²) in [4.78, 5) is 12.3. The van der Waals surface area contributed by atoms with Gasteiger partial charge in [0.05, 0.1) is 5.54 Å². The monoisotopic (exact) mass is 254 g/mol. The molecule has 0 aromatic rings. The van der Waals surface area contributed by atoms with Gasteiger partial charge in [-0.05, 0) is 31.6 Å². The second-order valence-electron chi connectivity index (χ2n) is 6.06. The van der Waals surface area contributed by atoms with Crippen LogP contribution in [-0.4, -0.2) is 31.2 Å². The maximum Gasteiger partial charge on any atom is 0.223 e. The molecule has 0 bridgehead atoms. The molecule has 1 saturated carbocycles. The third kappa shape index (κ3) is 3.23. The third-order valence-corrected chi connectivity index (χ3v) is 4.46. The van der Waals surface area contributed by atoms with Gasteiger partial charge in [0.15, 0.2) is 0 Å². The minimum absolute atomic E-state index is 0.124. The average Bonchev–Trinajstić information content (AvgIpc) is 2.39. The number of carbonyl (C=O) groups excluding carboxylic acids is 1. The van der Waals surface area contributed by atoms with Gasteiger partial charge in [-0.3, -0.25) is 4.79 Å². The Kier molecular flexibility index (Phi) is 4.62. The van der Waals surface area contributed by atoms with E-state index in [-0.39, 0.29) is 17.4 Å². The topological polar surface area (TPSA) is 64.3 Å². The van der Waals surface area contributed by atoms with Gasteiger partial charge in [-0.25, -0.2) is 0 Å². The van der Waals surface area contributed by atoms with Gasteiger partial charge in [-0.2, -0.15) is 0 Å². The Bertz CT molecular complexity index is 290. The Hall–Kier alpha value is -0.610. The first kappa shape index (κ1) is 13.8. The van der Waals surface area contributed by atoms with Crippen molar-refractivity contribution in [2.45, 2.75) is 51.0 Å². The third-order valence-electron chi connectivity index (χ3n) is 4.46. The normalized spacial score (nSPS) is 34.2. The zero-order valence-electron chi connectivity index (χ0n) is 11.4. The second kappa shape index (κ2) is 6.02. The van der Waals surface area contributed by atoms with E-state index in [1.165, 1.54) is 12.8 Å². The van der Waals surface area contributed by atoms with Crippen molar-refractivity contribution in [1.29, 1.82) is 0 Å². The number of nitrogens with one attached hydrogen (secondary N) is 1. The van der Waals surface area contributed by atoms with E-state index in [1.807, 2.05) is 0 Å². The van der Waals surface area contributed by atoms with Crippen molar-refractivity contribution in [1.82, 2.24) is 5.32 Å². The average molecular weight is 254 g/mol. The van der Waals surface area contributed by atoms with Crippen molar-refractivity contribution >= 4 is 5.91 Å². The van der Waals surface area contributed by atoms with Crippen molar-refractivity contribution in [3.63, 3.8) is 0 Å². The van der Waals surface area contributed by atoms with Gasteiger partial charge >= 0.3 is 0 Å². The van der Waals surface area contributed by atoms with Crippen LogP contribution in [0.2, 0.25) is 0 Å². The largest absolute Gasteiger partial charge is 0.381 e. The maximum atomic E-state index is 12.3. The standard InChI is InChI=1S/C14H26N2O2/c1-11-3-2-6-14(9-11,10-15)16-13(17)12-4-7-18-8-5-12/h11-12H,2-10,15H2,1H3,(H,16,17). The zero-order valence-corrected chi connectivity index (χ0v) is 11.4. The van der Waals surface area contributed by atoms with Crippen molar-refractivity contribution < 1.29 is 9.53 Å². The summed E-state index contributed by atoms with van der Waals surface area (Å²) in [5.74, 6) is 0.981. The Balaban J connectivity index is 1.94. The van der Waals surface area contributed by atoms with E-state index in [4.69, 9.17) is 10.5 Å². The number of rotatable bonds is 3. The number of amides is 1. The highest BCUT2D eigenvalue weighted by Crippen LogP contribution is 2.32. The molecule has 2 unspecified atom stereocenters. The van der Waals surface area contributed by atoms with Crippen LogP contribution in [0.3, 0.4) is 0 Å². The molecule has 2 atom stereocenters. The number of ether oxygens (including phenoxy) is 1. The van der Waals surface area contributed by atoms with Crippen molar-refractivity contribution in [3.8, 4) is 0 Å². The van der Waals surface area contributed by atoms with Crippen LogP contribution in [0, 0.1) is 11.8 Å². The first-order valence-electron chi connectivity index (χ1n) is 7.25. The predicted octanol–water partition coefficient (Wildman–Crippen LogP) is 1.44. The Labute approximate surface area is 110 Å². The highest BCUT2D eigenvalue weighted by Gasteiger charge is 2.36. The first-order chi connectivity index (χ1) is 8.65. The van der Waals surface area contributed by atoms with Crippen LogP contribution in [0.15, 0.2) is 0 Å². The molecule has 3 N–H and O–H groups in total. The highest BCUT2D eigenvalue weighted by atomic mass is 16.5. The van der Waals surface area contributed by atoms with E-state index < -0.39 is 0 Å². The molecular weight excluding hydrogens is 228 g/mol.